The van der Waals surface area contributed by atoms with E-state index in [9.17, 15) is 0 Å². The monoisotopic (exact) mass is 161 g/mol. The summed E-state index contributed by atoms with van der Waals surface area (Å²) in [5.41, 5.74) is 2.27. The van der Waals surface area contributed by atoms with E-state index in [4.69, 9.17) is 5.41 Å². The van der Waals surface area contributed by atoms with E-state index in [-0.39, 0.29) is 0 Å². The number of rotatable bonds is 0. The van der Waals surface area contributed by atoms with Crippen LogP contribution in [0.25, 0.3) is 0 Å². The van der Waals surface area contributed by atoms with Crippen LogP contribution in [-0.4, -0.2) is 10.8 Å². The molecule has 3 heteroatoms. The zero-order valence-corrected chi connectivity index (χ0v) is 6.80. The molecule has 0 bridgehead atoms. The van der Waals surface area contributed by atoms with Crippen molar-refractivity contribution in [2.45, 2.75) is 19.3 Å². The van der Waals surface area contributed by atoms with Gasteiger partial charge in [0.1, 0.15) is 0 Å². The Bertz CT molecular complexity index is 306. The van der Waals surface area contributed by atoms with Gasteiger partial charge in [0, 0.05) is 12.6 Å². The van der Waals surface area contributed by atoms with Crippen LogP contribution in [0.4, 0.5) is 5.69 Å². The Labute approximate surface area is 71.3 Å². The van der Waals surface area contributed by atoms with E-state index in [1.54, 1.807) is 12.4 Å². The number of aromatic nitrogens is 1. The van der Waals surface area contributed by atoms with E-state index in [2.05, 4.69) is 10.3 Å². The lowest BCUT2D eigenvalue weighted by Gasteiger charge is -2.04. The topological polar surface area (TPSA) is 48.8 Å². The Morgan fingerprint density at radius 2 is 2.33 bits per heavy atom. The third kappa shape index (κ3) is 1.30. The van der Waals surface area contributed by atoms with Crippen molar-refractivity contribution in [3.05, 3.63) is 24.0 Å². The smallest absolute Gasteiger partial charge is 0.0976 e. The minimum absolute atomic E-state index is 0.599. The van der Waals surface area contributed by atoms with Crippen LogP contribution in [0.1, 0.15) is 18.4 Å². The van der Waals surface area contributed by atoms with Gasteiger partial charge in [0.2, 0.25) is 0 Å². The number of hydrogen-bond donors (Lipinski definition) is 2. The lowest BCUT2D eigenvalue weighted by Crippen LogP contribution is -2.08. The van der Waals surface area contributed by atoms with Crippen LogP contribution >= 0.6 is 0 Å². The average Bonchev–Trinajstić information content (AvgIpc) is 2.25. The van der Waals surface area contributed by atoms with Gasteiger partial charge >= 0.3 is 0 Å². The average molecular weight is 161 g/mol. The number of aryl methyl sites for hydroxylation is 1. The third-order valence-electron chi connectivity index (χ3n) is 2.07. The van der Waals surface area contributed by atoms with Gasteiger partial charge in [0.25, 0.3) is 0 Å². The molecule has 1 aliphatic rings. The maximum atomic E-state index is 7.52. The largest absolute Gasteiger partial charge is 0.343 e. The van der Waals surface area contributed by atoms with Gasteiger partial charge in [-0.3, -0.25) is 10.4 Å². The predicted octanol–water partition coefficient (Wildman–Crippen LogP) is 1.81. The Hall–Kier alpha value is -1.38. The third-order valence-corrected chi connectivity index (χ3v) is 2.07. The van der Waals surface area contributed by atoms with Crippen LogP contribution in [0.3, 0.4) is 0 Å². The number of nitrogens with zero attached hydrogens (tertiary/aromatic N) is 1. The van der Waals surface area contributed by atoms with Crippen LogP contribution in [0.2, 0.25) is 0 Å². The summed E-state index contributed by atoms with van der Waals surface area (Å²) in [4.78, 5) is 4.01. The Kier molecular flexibility index (Phi) is 1.78. The van der Waals surface area contributed by atoms with Crippen molar-refractivity contribution in [1.82, 2.24) is 4.98 Å². The molecule has 0 radical (unpaired) electrons. The molecule has 0 saturated carbocycles. The maximum Gasteiger partial charge on any atom is 0.0976 e. The Morgan fingerprint density at radius 3 is 3.25 bits per heavy atom. The van der Waals surface area contributed by atoms with E-state index in [1.807, 2.05) is 6.07 Å². The summed E-state index contributed by atoms with van der Waals surface area (Å²) in [5, 5.41) is 10.6. The second kappa shape index (κ2) is 2.93. The molecule has 1 aromatic heterocycles. The highest BCUT2D eigenvalue weighted by Crippen LogP contribution is 2.19. The fraction of sp³-hybridized carbons (Fsp3) is 0.333. The number of amidine groups is 1. The van der Waals surface area contributed by atoms with Gasteiger partial charge in [0.05, 0.1) is 17.7 Å². The number of hydrogen-bond acceptors (Lipinski definition) is 2. The minimum Gasteiger partial charge on any atom is -0.343 e. The summed E-state index contributed by atoms with van der Waals surface area (Å²) in [5.74, 6) is 0.599. The van der Waals surface area contributed by atoms with E-state index in [0.29, 0.717) is 5.84 Å². The molecule has 0 aliphatic carbocycles. The van der Waals surface area contributed by atoms with Crippen molar-refractivity contribution < 1.29 is 0 Å². The molecule has 0 spiro atoms. The van der Waals surface area contributed by atoms with Gasteiger partial charge in [-0.2, -0.15) is 0 Å². The summed E-state index contributed by atoms with van der Waals surface area (Å²) >= 11 is 0. The molecule has 1 aromatic rings. The van der Waals surface area contributed by atoms with Crippen molar-refractivity contribution in [3.8, 4) is 0 Å². The fourth-order valence-corrected chi connectivity index (χ4v) is 1.43. The predicted molar refractivity (Wildman–Crippen MR) is 48.5 cm³/mol. The lowest BCUT2D eigenvalue weighted by molar-refractivity contribution is 0.874. The minimum atomic E-state index is 0.599. The van der Waals surface area contributed by atoms with Gasteiger partial charge in [-0.25, -0.2) is 0 Å². The normalized spacial score (nSPS) is 16.2. The van der Waals surface area contributed by atoms with Crippen molar-refractivity contribution in [3.63, 3.8) is 0 Å². The molecule has 3 nitrogen and oxygen atoms in total. The SMILES string of the molecule is N=C1CCCc2ccncc2N1. The molecule has 0 fully saturated rings. The molecular weight excluding hydrogens is 150 g/mol. The number of nitrogens with one attached hydrogen (secondary N) is 2. The molecule has 0 atom stereocenters. The van der Waals surface area contributed by atoms with Gasteiger partial charge in [-0.1, -0.05) is 0 Å². The van der Waals surface area contributed by atoms with Crippen LogP contribution < -0.4 is 5.32 Å². The van der Waals surface area contributed by atoms with Gasteiger partial charge in [-0.05, 0) is 24.5 Å². The van der Waals surface area contributed by atoms with Gasteiger partial charge in [-0.15, -0.1) is 0 Å². The number of fused-ring (bicyclic) bond motifs is 1. The van der Waals surface area contributed by atoms with Crippen LogP contribution in [0.5, 0.6) is 0 Å². The molecule has 12 heavy (non-hydrogen) atoms. The number of pyridine rings is 1. The summed E-state index contributed by atoms with van der Waals surface area (Å²) in [6.45, 7) is 0. The molecule has 0 unspecified atom stereocenters. The standard InChI is InChI=1S/C9H11N3/c10-9-3-1-2-7-4-5-11-6-8(7)12-9/h4-6H,1-3H2,(H2,10,12). The molecule has 0 saturated heterocycles. The number of anilines is 1. The highest BCUT2D eigenvalue weighted by molar-refractivity contribution is 5.94. The zero-order chi connectivity index (χ0) is 8.39. The molecule has 0 aromatic carbocycles. The summed E-state index contributed by atoms with van der Waals surface area (Å²) in [6.07, 6.45) is 6.54. The molecule has 2 heterocycles. The quantitative estimate of drug-likeness (QED) is 0.609. The van der Waals surface area contributed by atoms with Crippen molar-refractivity contribution in [2.24, 2.45) is 0 Å². The summed E-state index contributed by atoms with van der Waals surface area (Å²) in [6, 6.07) is 2.01. The second-order valence-electron chi connectivity index (χ2n) is 2.99. The first kappa shape index (κ1) is 7.28. The highest BCUT2D eigenvalue weighted by Gasteiger charge is 2.08. The highest BCUT2D eigenvalue weighted by atomic mass is 15.0. The van der Waals surface area contributed by atoms with Gasteiger partial charge in [0.15, 0.2) is 0 Å². The first-order valence-corrected chi connectivity index (χ1v) is 4.13. The van der Waals surface area contributed by atoms with Crippen molar-refractivity contribution in [1.29, 1.82) is 5.41 Å². The summed E-state index contributed by atoms with van der Waals surface area (Å²) in [7, 11) is 0. The molecule has 62 valence electrons. The lowest BCUT2D eigenvalue weighted by atomic mass is 10.1. The molecule has 1 aliphatic heterocycles. The molecule has 2 N–H and O–H groups in total. The van der Waals surface area contributed by atoms with E-state index in [0.717, 1.165) is 24.9 Å². The van der Waals surface area contributed by atoms with Crippen LogP contribution in [0, 0.1) is 5.41 Å². The first-order valence-electron chi connectivity index (χ1n) is 4.13. The second-order valence-corrected chi connectivity index (χ2v) is 2.99. The van der Waals surface area contributed by atoms with Crippen molar-refractivity contribution >= 4 is 11.5 Å². The first-order chi connectivity index (χ1) is 5.86. The van der Waals surface area contributed by atoms with Crippen molar-refractivity contribution in [2.75, 3.05) is 5.32 Å². The van der Waals surface area contributed by atoms with Crippen LogP contribution in [0.15, 0.2) is 18.5 Å². The fourth-order valence-electron chi connectivity index (χ4n) is 1.43. The summed E-state index contributed by atoms with van der Waals surface area (Å²) < 4.78 is 0. The molecule has 2 rings (SSSR count). The van der Waals surface area contributed by atoms with E-state index >= 15 is 0 Å². The molecule has 0 amide bonds. The van der Waals surface area contributed by atoms with E-state index < -0.39 is 0 Å². The zero-order valence-electron chi connectivity index (χ0n) is 6.80. The van der Waals surface area contributed by atoms with Gasteiger partial charge < -0.3 is 5.32 Å². The Balaban J connectivity index is 2.37. The maximum absolute atomic E-state index is 7.52. The molecular formula is C9H11N3. The van der Waals surface area contributed by atoms with Crippen LogP contribution in [-0.2, 0) is 6.42 Å². The van der Waals surface area contributed by atoms with E-state index in [1.165, 1.54) is 5.56 Å². The Morgan fingerprint density at radius 1 is 1.42 bits per heavy atom.